The molecule has 40 heavy (non-hydrogen) atoms. The number of halogens is 5. The number of nitrogens with two attached hydrogens (primary N) is 1. The highest BCUT2D eigenvalue weighted by Crippen LogP contribution is 2.36. The van der Waals surface area contributed by atoms with Gasteiger partial charge in [0.25, 0.3) is 5.82 Å². The van der Waals surface area contributed by atoms with Crippen LogP contribution in [0.2, 0.25) is 10.0 Å². The number of anilines is 1. The smallest absolute Gasteiger partial charge is 0.403 e. The standard InChI is InChI=1S/C27H24Cl2F3N5O2S/c1-16-35-26(27(30,31)32)15-36(16)23-10-7-18(17-5-4-6-20(11-17)40(3,38)39)12-24(23)37(34-2)25(14-33)21-9-8-19(28)13-22(21)29/h4-15,34H,33H2,1-3H3/p+1/b25-14-. The van der Waals surface area contributed by atoms with Crippen LogP contribution in [0.5, 0.6) is 0 Å². The number of aromatic amines is 1. The van der Waals surface area contributed by atoms with Crippen LogP contribution in [0.4, 0.5) is 18.9 Å². The average molecular weight is 611 g/mol. The summed E-state index contributed by atoms with van der Waals surface area (Å²) in [6.45, 7) is 1.52. The number of alkyl halides is 3. The van der Waals surface area contributed by atoms with E-state index in [1.54, 1.807) is 60.6 Å². The summed E-state index contributed by atoms with van der Waals surface area (Å²) >= 11 is 12.6. The molecule has 4 rings (SSSR count). The molecule has 0 saturated carbocycles. The van der Waals surface area contributed by atoms with E-state index in [9.17, 15) is 21.6 Å². The Bertz CT molecular complexity index is 1720. The number of hydrogen-bond donors (Lipinski definition) is 3. The minimum atomic E-state index is -4.59. The van der Waals surface area contributed by atoms with Gasteiger partial charge in [-0.1, -0.05) is 35.3 Å². The lowest BCUT2D eigenvalue weighted by Crippen LogP contribution is -2.39. The van der Waals surface area contributed by atoms with Crippen molar-refractivity contribution in [2.45, 2.75) is 18.0 Å². The first-order valence-electron chi connectivity index (χ1n) is 11.7. The van der Waals surface area contributed by atoms with Gasteiger partial charge < -0.3 is 5.73 Å². The summed E-state index contributed by atoms with van der Waals surface area (Å²) in [5, 5.41) is 2.28. The summed E-state index contributed by atoms with van der Waals surface area (Å²) < 4.78 is 66.4. The third kappa shape index (κ3) is 5.97. The van der Waals surface area contributed by atoms with Crippen LogP contribution in [-0.2, 0) is 16.0 Å². The molecule has 0 aliphatic heterocycles. The molecule has 0 amide bonds. The van der Waals surface area contributed by atoms with Gasteiger partial charge in [0.2, 0.25) is 5.69 Å². The van der Waals surface area contributed by atoms with Crippen molar-refractivity contribution >= 4 is 44.4 Å². The monoisotopic (exact) mass is 610 g/mol. The predicted octanol–water partition coefficient (Wildman–Crippen LogP) is 5.89. The lowest BCUT2D eigenvalue weighted by atomic mass is 10.0. The first kappa shape index (κ1) is 29.5. The Morgan fingerprint density at radius 2 is 1.77 bits per heavy atom. The van der Waals surface area contributed by atoms with Crippen molar-refractivity contribution in [3.8, 4) is 16.8 Å². The normalized spacial score (nSPS) is 12.6. The summed E-state index contributed by atoms with van der Waals surface area (Å²) in [6, 6.07) is 16.3. The van der Waals surface area contributed by atoms with E-state index >= 15 is 0 Å². The van der Waals surface area contributed by atoms with Crippen LogP contribution in [0.3, 0.4) is 0 Å². The van der Waals surface area contributed by atoms with Crippen molar-refractivity contribution in [3.63, 3.8) is 0 Å². The molecule has 0 aliphatic carbocycles. The lowest BCUT2D eigenvalue weighted by molar-refractivity contribution is -0.601. The zero-order chi connectivity index (χ0) is 29.4. The molecular weight excluding hydrogens is 586 g/mol. The van der Waals surface area contributed by atoms with Crippen LogP contribution in [0.1, 0.15) is 17.1 Å². The predicted molar refractivity (Wildman–Crippen MR) is 151 cm³/mol. The third-order valence-corrected chi connectivity index (χ3v) is 7.80. The highest BCUT2D eigenvalue weighted by molar-refractivity contribution is 7.90. The molecule has 4 aromatic rings. The number of nitrogens with zero attached hydrogens (tertiary/aromatic N) is 2. The zero-order valence-corrected chi connectivity index (χ0v) is 23.8. The van der Waals surface area contributed by atoms with Crippen LogP contribution in [0.15, 0.2) is 78.0 Å². The largest absolute Gasteiger partial charge is 0.457 e. The van der Waals surface area contributed by atoms with Gasteiger partial charge in [0, 0.05) is 37.0 Å². The molecule has 0 bridgehead atoms. The van der Waals surface area contributed by atoms with E-state index in [0.29, 0.717) is 43.8 Å². The Morgan fingerprint density at radius 1 is 1.07 bits per heavy atom. The number of H-pyrrole nitrogens is 1. The number of rotatable bonds is 7. The van der Waals surface area contributed by atoms with Gasteiger partial charge in [-0.05, 0) is 59.7 Å². The molecule has 0 radical (unpaired) electrons. The highest BCUT2D eigenvalue weighted by atomic mass is 35.5. The third-order valence-electron chi connectivity index (χ3n) is 6.14. The zero-order valence-electron chi connectivity index (χ0n) is 21.5. The van der Waals surface area contributed by atoms with Gasteiger partial charge in [0.15, 0.2) is 15.5 Å². The first-order chi connectivity index (χ1) is 18.7. The van der Waals surface area contributed by atoms with Crippen LogP contribution < -0.4 is 20.7 Å². The van der Waals surface area contributed by atoms with Crippen LogP contribution in [0, 0.1) is 6.92 Å². The van der Waals surface area contributed by atoms with E-state index < -0.39 is 21.7 Å². The van der Waals surface area contributed by atoms with Gasteiger partial charge in [-0.3, -0.25) is 5.01 Å². The molecule has 0 atom stereocenters. The van der Waals surface area contributed by atoms with Crippen molar-refractivity contribution in [2.24, 2.45) is 5.73 Å². The number of aryl methyl sites for hydroxylation is 1. The molecule has 4 N–H and O–H groups in total. The molecule has 3 aromatic carbocycles. The van der Waals surface area contributed by atoms with E-state index in [4.69, 9.17) is 28.9 Å². The van der Waals surface area contributed by atoms with E-state index in [2.05, 4.69) is 10.4 Å². The molecule has 210 valence electrons. The summed E-state index contributed by atoms with van der Waals surface area (Å²) in [6.07, 6.45) is -1.21. The molecule has 1 heterocycles. The number of sulfone groups is 1. The van der Waals surface area contributed by atoms with Gasteiger partial charge in [-0.2, -0.15) is 17.7 Å². The fraction of sp³-hybridized carbons (Fsp3) is 0.148. The summed E-state index contributed by atoms with van der Waals surface area (Å²) in [5.41, 5.74) is 11.0. The van der Waals surface area contributed by atoms with Gasteiger partial charge in [0.05, 0.1) is 15.6 Å². The molecular formula is C27H25Cl2F3N5O2S+. The number of imidazole rings is 1. The fourth-order valence-corrected chi connectivity index (χ4v) is 5.42. The van der Waals surface area contributed by atoms with Crippen LogP contribution in [0.25, 0.3) is 22.5 Å². The van der Waals surface area contributed by atoms with Crippen molar-refractivity contribution < 1.29 is 26.2 Å². The second-order valence-corrected chi connectivity index (χ2v) is 11.7. The molecule has 0 spiro atoms. The Hall–Kier alpha value is -3.51. The topological polar surface area (TPSA) is 95.1 Å². The maximum atomic E-state index is 13.6. The molecule has 7 nitrogen and oxygen atoms in total. The Kier molecular flexibility index (Phi) is 8.23. The SMILES string of the molecule is CNN(/C(=C\N)c1ccc(Cl)cc1Cl)c1cc(-c2cccc(S(C)(=O)=O)c2)ccc1-[n+]1cc(C(F)(F)F)[nH]c1C. The van der Waals surface area contributed by atoms with Crippen molar-refractivity contribution in [3.05, 3.63) is 100 Å². The van der Waals surface area contributed by atoms with Crippen molar-refractivity contribution in [1.82, 2.24) is 10.4 Å². The fourth-order valence-electron chi connectivity index (χ4n) is 4.25. The minimum Gasteiger partial charge on any atom is -0.403 e. The lowest BCUT2D eigenvalue weighted by Gasteiger charge is -2.28. The number of aromatic nitrogens is 2. The number of hydrogen-bond acceptors (Lipinski definition) is 5. The van der Waals surface area contributed by atoms with E-state index in [1.807, 2.05) is 0 Å². The summed E-state index contributed by atoms with van der Waals surface area (Å²) in [7, 11) is -1.87. The van der Waals surface area contributed by atoms with Gasteiger partial charge >= 0.3 is 6.18 Å². The van der Waals surface area contributed by atoms with E-state index in [-0.39, 0.29) is 10.7 Å². The Labute approximate surface area is 239 Å². The minimum absolute atomic E-state index is 0.127. The van der Waals surface area contributed by atoms with E-state index in [1.165, 1.54) is 29.8 Å². The molecule has 0 fully saturated rings. The average Bonchev–Trinajstić information content (AvgIpc) is 3.29. The highest BCUT2D eigenvalue weighted by Gasteiger charge is 2.39. The second-order valence-electron chi connectivity index (χ2n) is 8.86. The van der Waals surface area contributed by atoms with Gasteiger partial charge in [0.1, 0.15) is 11.9 Å². The van der Waals surface area contributed by atoms with Crippen molar-refractivity contribution in [2.75, 3.05) is 18.3 Å². The number of benzene rings is 3. The Balaban J connectivity index is 1.98. The quantitative estimate of drug-likeness (QED) is 0.179. The molecule has 1 aromatic heterocycles. The Morgan fingerprint density at radius 3 is 2.35 bits per heavy atom. The molecule has 0 unspecified atom stereocenters. The molecule has 0 aliphatic rings. The van der Waals surface area contributed by atoms with Crippen molar-refractivity contribution in [1.29, 1.82) is 0 Å². The molecule has 0 saturated heterocycles. The number of hydrazine groups is 1. The summed E-state index contributed by atoms with van der Waals surface area (Å²) in [5.74, 6) is 0.222. The van der Waals surface area contributed by atoms with E-state index in [0.717, 1.165) is 12.5 Å². The number of nitrogens with one attached hydrogen (secondary N) is 2. The van der Waals surface area contributed by atoms with Crippen LogP contribution in [-0.4, -0.2) is 26.7 Å². The molecule has 13 heteroatoms. The first-order valence-corrected chi connectivity index (χ1v) is 14.4. The maximum absolute atomic E-state index is 13.6. The second kappa shape index (κ2) is 11.2. The maximum Gasteiger partial charge on any atom is 0.457 e. The van der Waals surface area contributed by atoms with Crippen LogP contribution >= 0.6 is 23.2 Å². The summed E-state index contributed by atoms with van der Waals surface area (Å²) in [4.78, 5) is 2.51. The van der Waals surface area contributed by atoms with Gasteiger partial charge in [-0.15, -0.1) is 0 Å². The van der Waals surface area contributed by atoms with Gasteiger partial charge in [-0.25, -0.2) is 18.8 Å².